The van der Waals surface area contributed by atoms with E-state index in [0.717, 1.165) is 19.3 Å². The second-order valence-electron chi connectivity index (χ2n) is 4.89. The lowest BCUT2D eigenvalue weighted by Crippen LogP contribution is -2.31. The van der Waals surface area contributed by atoms with Crippen LogP contribution in [0.25, 0.3) is 11.6 Å². The number of nitrogens with one attached hydrogen (secondary N) is 1. The van der Waals surface area contributed by atoms with Gasteiger partial charge in [-0.1, -0.05) is 5.16 Å². The van der Waals surface area contributed by atoms with E-state index in [1.54, 1.807) is 0 Å². The van der Waals surface area contributed by atoms with Crippen LogP contribution in [0.4, 0.5) is 0 Å². The number of H-pyrrole nitrogens is 1. The Hall–Kier alpha value is -2.22. The molecule has 0 radical (unpaired) electrons. The summed E-state index contributed by atoms with van der Waals surface area (Å²) >= 11 is 0. The second kappa shape index (κ2) is 4.71. The number of imidazole rings is 1. The summed E-state index contributed by atoms with van der Waals surface area (Å²) < 4.78 is 10.9. The summed E-state index contributed by atoms with van der Waals surface area (Å²) in [5.74, 6) is -0.621. The molecule has 1 aliphatic rings. The van der Waals surface area contributed by atoms with Gasteiger partial charge < -0.3 is 19.4 Å². The summed E-state index contributed by atoms with van der Waals surface area (Å²) in [4.78, 5) is 21.7. The molecule has 106 valence electrons. The zero-order valence-corrected chi connectivity index (χ0v) is 10.9. The van der Waals surface area contributed by atoms with Crippen LogP contribution in [-0.2, 0) is 10.3 Å². The Morgan fingerprint density at radius 2 is 2.35 bits per heavy atom. The normalized spacial score (nSPS) is 22.9. The van der Waals surface area contributed by atoms with Gasteiger partial charge in [-0.2, -0.15) is 4.98 Å². The molecule has 3 rings (SSSR count). The Bertz CT molecular complexity index is 627. The third-order valence-corrected chi connectivity index (χ3v) is 3.42. The number of carboxylic acids is 1. The van der Waals surface area contributed by atoms with Gasteiger partial charge >= 0.3 is 5.97 Å². The number of carboxylic acid groups (broad SMARTS) is 1. The average molecular weight is 278 g/mol. The fourth-order valence-electron chi connectivity index (χ4n) is 2.27. The van der Waals surface area contributed by atoms with Gasteiger partial charge in [0.15, 0.2) is 5.69 Å². The van der Waals surface area contributed by atoms with Crippen LogP contribution in [0.3, 0.4) is 0 Å². The van der Waals surface area contributed by atoms with Gasteiger partial charge in [-0.15, -0.1) is 0 Å². The SMILES string of the molecule is CC1(c2noc(-c3[nH]cnc3C(=O)O)n2)CCCCO1. The highest BCUT2D eigenvalue weighted by Crippen LogP contribution is 2.33. The van der Waals surface area contributed by atoms with Crippen LogP contribution in [0.15, 0.2) is 10.9 Å². The van der Waals surface area contributed by atoms with Crippen molar-refractivity contribution in [1.82, 2.24) is 20.1 Å². The van der Waals surface area contributed by atoms with Crippen molar-refractivity contribution >= 4 is 5.97 Å². The maximum absolute atomic E-state index is 11.0. The van der Waals surface area contributed by atoms with E-state index in [0.29, 0.717) is 12.4 Å². The Kier molecular flexibility index (Phi) is 3.01. The molecule has 0 amide bonds. The summed E-state index contributed by atoms with van der Waals surface area (Å²) in [5, 5.41) is 12.9. The average Bonchev–Trinajstić information content (AvgIpc) is 3.08. The quantitative estimate of drug-likeness (QED) is 0.875. The van der Waals surface area contributed by atoms with Crippen molar-refractivity contribution in [3.05, 3.63) is 17.8 Å². The molecule has 0 spiro atoms. The summed E-state index contributed by atoms with van der Waals surface area (Å²) in [6.07, 6.45) is 4.14. The van der Waals surface area contributed by atoms with Crippen molar-refractivity contribution in [3.63, 3.8) is 0 Å². The zero-order chi connectivity index (χ0) is 14.2. The lowest BCUT2D eigenvalue weighted by Gasteiger charge is -2.30. The first-order valence-corrected chi connectivity index (χ1v) is 6.35. The maximum atomic E-state index is 11.0. The largest absolute Gasteiger partial charge is 0.476 e. The molecule has 2 aromatic rings. The molecule has 1 saturated heterocycles. The van der Waals surface area contributed by atoms with Crippen LogP contribution >= 0.6 is 0 Å². The highest BCUT2D eigenvalue weighted by molar-refractivity contribution is 5.91. The van der Waals surface area contributed by atoms with Gasteiger partial charge in [0.1, 0.15) is 11.3 Å². The topological polar surface area (TPSA) is 114 Å². The first kappa shape index (κ1) is 12.8. The number of hydrogen-bond donors (Lipinski definition) is 2. The molecule has 1 aliphatic heterocycles. The van der Waals surface area contributed by atoms with Gasteiger partial charge in [-0.3, -0.25) is 0 Å². The standard InChI is InChI=1S/C12H14N4O4/c1-12(4-2-3-5-19-12)11-15-9(20-16-11)7-8(10(17)18)14-6-13-7/h6H,2-5H2,1H3,(H,13,14)(H,17,18). The lowest BCUT2D eigenvalue weighted by molar-refractivity contribution is -0.0770. The minimum Gasteiger partial charge on any atom is -0.476 e. The highest BCUT2D eigenvalue weighted by atomic mass is 16.5. The molecule has 2 N–H and O–H groups in total. The van der Waals surface area contributed by atoms with Crippen LogP contribution < -0.4 is 0 Å². The molecule has 1 unspecified atom stereocenters. The fraction of sp³-hybridized carbons (Fsp3) is 0.500. The number of hydrogen-bond acceptors (Lipinski definition) is 6. The van der Waals surface area contributed by atoms with Crippen molar-refractivity contribution in [3.8, 4) is 11.6 Å². The lowest BCUT2D eigenvalue weighted by atomic mass is 9.95. The minimum atomic E-state index is -1.15. The number of nitrogens with zero attached hydrogens (tertiary/aromatic N) is 3. The number of aromatic nitrogens is 4. The van der Waals surface area contributed by atoms with Gasteiger partial charge in [-0.25, -0.2) is 9.78 Å². The number of aromatic carboxylic acids is 1. The maximum Gasteiger partial charge on any atom is 0.356 e. The van der Waals surface area contributed by atoms with Crippen molar-refractivity contribution in [2.24, 2.45) is 0 Å². The fourth-order valence-corrected chi connectivity index (χ4v) is 2.27. The number of aromatic amines is 1. The Morgan fingerprint density at radius 1 is 1.50 bits per heavy atom. The highest BCUT2D eigenvalue weighted by Gasteiger charge is 2.35. The smallest absolute Gasteiger partial charge is 0.356 e. The van der Waals surface area contributed by atoms with Crippen molar-refractivity contribution in [1.29, 1.82) is 0 Å². The second-order valence-corrected chi connectivity index (χ2v) is 4.89. The zero-order valence-electron chi connectivity index (χ0n) is 10.9. The number of ether oxygens (including phenoxy) is 1. The summed E-state index contributed by atoms with van der Waals surface area (Å²) in [5.41, 5.74) is -0.519. The van der Waals surface area contributed by atoms with E-state index < -0.39 is 11.6 Å². The Labute approximate surface area is 114 Å². The molecule has 1 atom stereocenters. The van der Waals surface area contributed by atoms with Crippen LogP contribution in [0.5, 0.6) is 0 Å². The predicted molar refractivity (Wildman–Crippen MR) is 66.0 cm³/mol. The van der Waals surface area contributed by atoms with Crippen LogP contribution in [0.2, 0.25) is 0 Å². The molecule has 0 aliphatic carbocycles. The Morgan fingerprint density at radius 3 is 3.05 bits per heavy atom. The van der Waals surface area contributed by atoms with Crippen LogP contribution in [-0.4, -0.2) is 37.8 Å². The van der Waals surface area contributed by atoms with Gasteiger partial charge in [-0.05, 0) is 26.2 Å². The molecule has 8 nitrogen and oxygen atoms in total. The van der Waals surface area contributed by atoms with Crippen molar-refractivity contribution in [2.75, 3.05) is 6.61 Å². The Balaban J connectivity index is 1.94. The third-order valence-electron chi connectivity index (χ3n) is 3.42. The minimum absolute atomic E-state index is 0.102. The molecule has 1 fully saturated rings. The molecule has 3 heterocycles. The molecule has 20 heavy (non-hydrogen) atoms. The van der Waals surface area contributed by atoms with Crippen molar-refractivity contribution in [2.45, 2.75) is 31.8 Å². The van der Waals surface area contributed by atoms with E-state index >= 15 is 0 Å². The van der Waals surface area contributed by atoms with Crippen molar-refractivity contribution < 1.29 is 19.2 Å². The van der Waals surface area contributed by atoms with E-state index in [9.17, 15) is 4.79 Å². The molecule has 2 aromatic heterocycles. The monoisotopic (exact) mass is 278 g/mol. The molecule has 0 aromatic carbocycles. The van der Waals surface area contributed by atoms with Gasteiger partial charge in [0, 0.05) is 6.61 Å². The van der Waals surface area contributed by atoms with E-state index in [4.69, 9.17) is 14.4 Å². The third kappa shape index (κ3) is 2.07. The molecular formula is C12H14N4O4. The predicted octanol–water partition coefficient (Wildman–Crippen LogP) is 1.57. The summed E-state index contributed by atoms with van der Waals surface area (Å²) in [7, 11) is 0. The molecule has 0 saturated carbocycles. The van der Waals surface area contributed by atoms with E-state index in [-0.39, 0.29) is 17.3 Å². The number of rotatable bonds is 3. The molecular weight excluding hydrogens is 264 g/mol. The number of carbonyl (C=O) groups is 1. The van der Waals surface area contributed by atoms with Crippen LogP contribution in [0, 0.1) is 0 Å². The summed E-state index contributed by atoms with van der Waals surface area (Å²) in [6.45, 7) is 2.57. The first-order valence-electron chi connectivity index (χ1n) is 6.35. The van der Waals surface area contributed by atoms with E-state index in [2.05, 4.69) is 20.1 Å². The van der Waals surface area contributed by atoms with E-state index in [1.807, 2.05) is 6.92 Å². The molecule has 8 heteroatoms. The molecule has 0 bridgehead atoms. The van der Waals surface area contributed by atoms with Crippen LogP contribution in [0.1, 0.15) is 42.5 Å². The van der Waals surface area contributed by atoms with E-state index in [1.165, 1.54) is 6.33 Å². The summed E-state index contributed by atoms with van der Waals surface area (Å²) in [6, 6.07) is 0. The van der Waals surface area contributed by atoms with Gasteiger partial charge in [0.25, 0.3) is 5.89 Å². The first-order chi connectivity index (χ1) is 9.60. The van der Waals surface area contributed by atoms with Gasteiger partial charge in [0.2, 0.25) is 5.82 Å². The van der Waals surface area contributed by atoms with Gasteiger partial charge in [0.05, 0.1) is 6.33 Å².